The summed E-state index contributed by atoms with van der Waals surface area (Å²) >= 11 is 0. The zero-order valence-corrected chi connectivity index (χ0v) is 10.8. The van der Waals surface area contributed by atoms with E-state index in [9.17, 15) is 15.0 Å². The van der Waals surface area contributed by atoms with Crippen molar-refractivity contribution in [2.75, 3.05) is 26.1 Å². The van der Waals surface area contributed by atoms with Crippen molar-refractivity contribution in [3.8, 4) is 0 Å². The van der Waals surface area contributed by atoms with E-state index >= 15 is 0 Å². The number of ether oxygens (including phenoxy) is 1. The molecule has 100 valence electrons. The lowest BCUT2D eigenvalue weighted by molar-refractivity contribution is -0.144. The molecule has 0 aromatic heterocycles. The van der Waals surface area contributed by atoms with Crippen molar-refractivity contribution >= 4 is 11.7 Å². The van der Waals surface area contributed by atoms with Gasteiger partial charge in [0.15, 0.2) is 0 Å². The van der Waals surface area contributed by atoms with Crippen LogP contribution in [0.2, 0.25) is 0 Å². The number of benzene rings is 1. The summed E-state index contributed by atoms with van der Waals surface area (Å²) in [5.74, 6) is -0.550. The van der Waals surface area contributed by atoms with Crippen LogP contribution in [0.5, 0.6) is 0 Å². The van der Waals surface area contributed by atoms with Crippen LogP contribution in [0.15, 0.2) is 24.3 Å². The van der Waals surface area contributed by atoms with Crippen LogP contribution < -0.4 is 4.90 Å². The molecular weight excluding hydrogens is 234 g/mol. The van der Waals surface area contributed by atoms with Gasteiger partial charge in [-0.2, -0.15) is 0 Å². The van der Waals surface area contributed by atoms with E-state index < -0.39 is 18.2 Å². The van der Waals surface area contributed by atoms with E-state index in [0.717, 1.165) is 5.69 Å². The highest BCUT2D eigenvalue weighted by Gasteiger charge is 2.21. The Kier molecular flexibility index (Phi) is 5.12. The molecule has 0 aliphatic heterocycles. The highest BCUT2D eigenvalue weighted by Crippen LogP contribution is 2.22. The van der Waals surface area contributed by atoms with Gasteiger partial charge in [-0.05, 0) is 17.7 Å². The molecule has 0 radical (unpaired) electrons. The fourth-order valence-corrected chi connectivity index (χ4v) is 1.56. The van der Waals surface area contributed by atoms with Crippen molar-refractivity contribution in [3.63, 3.8) is 0 Å². The molecule has 0 saturated heterocycles. The highest BCUT2D eigenvalue weighted by atomic mass is 16.5. The Bertz CT molecular complexity index is 388. The van der Waals surface area contributed by atoms with E-state index in [0.29, 0.717) is 5.56 Å². The Labute approximate surface area is 107 Å². The number of esters is 1. The minimum absolute atomic E-state index is 0.229. The summed E-state index contributed by atoms with van der Waals surface area (Å²) in [6.07, 6.45) is -2.49. The molecule has 2 N–H and O–H groups in total. The predicted molar refractivity (Wildman–Crippen MR) is 68.4 cm³/mol. The average molecular weight is 253 g/mol. The molecule has 2 atom stereocenters. The summed E-state index contributed by atoms with van der Waals surface area (Å²) in [4.78, 5) is 12.9. The zero-order chi connectivity index (χ0) is 13.7. The summed E-state index contributed by atoms with van der Waals surface area (Å²) < 4.78 is 4.44. The second kappa shape index (κ2) is 6.37. The molecule has 0 aliphatic rings. The number of hydrogen-bond acceptors (Lipinski definition) is 5. The zero-order valence-electron chi connectivity index (χ0n) is 10.8. The van der Waals surface area contributed by atoms with Gasteiger partial charge in [-0.15, -0.1) is 0 Å². The third kappa shape index (κ3) is 3.72. The number of aliphatic hydroxyl groups excluding tert-OH is 2. The monoisotopic (exact) mass is 253 g/mol. The second-order valence-electron chi connectivity index (χ2n) is 4.28. The van der Waals surface area contributed by atoms with Crippen LogP contribution in [0.3, 0.4) is 0 Å². The van der Waals surface area contributed by atoms with E-state index in [1.165, 1.54) is 7.11 Å². The predicted octanol–water partition coefficient (Wildman–Crippen LogP) is 0.710. The van der Waals surface area contributed by atoms with Crippen molar-refractivity contribution in [3.05, 3.63) is 29.8 Å². The molecule has 18 heavy (non-hydrogen) atoms. The maximum atomic E-state index is 11.0. The number of hydrogen-bond donors (Lipinski definition) is 2. The number of aliphatic hydroxyl groups is 2. The van der Waals surface area contributed by atoms with Crippen molar-refractivity contribution in [2.24, 2.45) is 0 Å². The Balaban J connectivity index is 2.71. The fourth-order valence-electron chi connectivity index (χ4n) is 1.56. The standard InChI is InChI=1S/C13H19NO4/c1-14(2)10-6-4-9(5-7-10)13(17)11(15)8-12(16)18-3/h4-7,11,13,15,17H,8H2,1-3H3. The van der Waals surface area contributed by atoms with E-state index in [-0.39, 0.29) is 6.42 Å². The first-order chi connectivity index (χ1) is 8.45. The molecule has 0 fully saturated rings. The van der Waals surface area contributed by atoms with Gasteiger partial charge in [0.05, 0.1) is 19.6 Å². The van der Waals surface area contributed by atoms with Gasteiger partial charge < -0.3 is 19.8 Å². The molecule has 0 heterocycles. The van der Waals surface area contributed by atoms with Gasteiger partial charge in [0.25, 0.3) is 0 Å². The molecule has 1 aromatic rings. The third-order valence-corrected chi connectivity index (χ3v) is 2.72. The van der Waals surface area contributed by atoms with Crippen molar-refractivity contribution < 1.29 is 19.7 Å². The van der Waals surface area contributed by atoms with E-state index in [1.54, 1.807) is 12.1 Å². The lowest BCUT2D eigenvalue weighted by atomic mass is 10.0. The number of carbonyl (C=O) groups excluding carboxylic acids is 1. The Morgan fingerprint density at radius 1 is 1.28 bits per heavy atom. The van der Waals surface area contributed by atoms with E-state index in [4.69, 9.17) is 0 Å². The van der Waals surface area contributed by atoms with Crippen LogP contribution in [0.1, 0.15) is 18.1 Å². The first-order valence-corrected chi connectivity index (χ1v) is 5.66. The molecule has 0 spiro atoms. The lowest BCUT2D eigenvalue weighted by Crippen LogP contribution is -2.22. The Hall–Kier alpha value is -1.59. The molecule has 1 aromatic carbocycles. The molecule has 2 unspecified atom stereocenters. The maximum absolute atomic E-state index is 11.0. The normalized spacial score (nSPS) is 13.8. The third-order valence-electron chi connectivity index (χ3n) is 2.72. The first kappa shape index (κ1) is 14.5. The minimum Gasteiger partial charge on any atom is -0.469 e. The summed E-state index contributed by atoms with van der Waals surface area (Å²) in [6, 6.07) is 7.12. The van der Waals surface area contributed by atoms with Crippen LogP contribution in [0.4, 0.5) is 5.69 Å². The van der Waals surface area contributed by atoms with Gasteiger partial charge in [0.1, 0.15) is 6.10 Å². The molecule has 0 saturated carbocycles. The number of carbonyl (C=O) groups is 1. The van der Waals surface area contributed by atoms with E-state index in [2.05, 4.69) is 4.74 Å². The van der Waals surface area contributed by atoms with Crippen LogP contribution in [0.25, 0.3) is 0 Å². The molecule has 0 amide bonds. The van der Waals surface area contributed by atoms with Gasteiger partial charge in [-0.1, -0.05) is 12.1 Å². The Morgan fingerprint density at radius 3 is 2.28 bits per heavy atom. The number of anilines is 1. The molecule has 0 aliphatic carbocycles. The van der Waals surface area contributed by atoms with Crippen LogP contribution in [0, 0.1) is 0 Å². The molecule has 5 heteroatoms. The van der Waals surface area contributed by atoms with Crippen molar-refractivity contribution in [2.45, 2.75) is 18.6 Å². The van der Waals surface area contributed by atoms with Gasteiger partial charge in [0.2, 0.25) is 0 Å². The Morgan fingerprint density at radius 2 is 1.83 bits per heavy atom. The van der Waals surface area contributed by atoms with Crippen LogP contribution in [-0.4, -0.2) is 43.5 Å². The molecule has 1 rings (SSSR count). The average Bonchev–Trinajstić information content (AvgIpc) is 2.37. The van der Waals surface area contributed by atoms with Gasteiger partial charge in [-0.3, -0.25) is 4.79 Å². The number of nitrogens with zero attached hydrogens (tertiary/aromatic N) is 1. The topological polar surface area (TPSA) is 70.0 Å². The van der Waals surface area contributed by atoms with Crippen molar-refractivity contribution in [1.29, 1.82) is 0 Å². The van der Waals surface area contributed by atoms with Gasteiger partial charge >= 0.3 is 5.97 Å². The largest absolute Gasteiger partial charge is 0.469 e. The lowest BCUT2D eigenvalue weighted by Gasteiger charge is -2.18. The molecule has 5 nitrogen and oxygen atoms in total. The summed E-state index contributed by atoms with van der Waals surface area (Å²) in [6.45, 7) is 0. The SMILES string of the molecule is COC(=O)CC(O)C(O)c1ccc(N(C)C)cc1. The summed E-state index contributed by atoms with van der Waals surface area (Å²) in [7, 11) is 5.07. The maximum Gasteiger partial charge on any atom is 0.308 e. The highest BCUT2D eigenvalue weighted by molar-refractivity contribution is 5.69. The quantitative estimate of drug-likeness (QED) is 0.756. The van der Waals surface area contributed by atoms with Crippen LogP contribution >= 0.6 is 0 Å². The van der Waals surface area contributed by atoms with E-state index in [1.807, 2.05) is 31.1 Å². The summed E-state index contributed by atoms with van der Waals surface area (Å²) in [5.41, 5.74) is 1.56. The second-order valence-corrected chi connectivity index (χ2v) is 4.28. The molecule has 0 bridgehead atoms. The smallest absolute Gasteiger partial charge is 0.308 e. The fraction of sp³-hybridized carbons (Fsp3) is 0.462. The van der Waals surface area contributed by atoms with Gasteiger partial charge in [0, 0.05) is 19.8 Å². The van der Waals surface area contributed by atoms with Gasteiger partial charge in [-0.25, -0.2) is 0 Å². The van der Waals surface area contributed by atoms with Crippen molar-refractivity contribution in [1.82, 2.24) is 0 Å². The minimum atomic E-state index is -1.16. The van der Waals surface area contributed by atoms with Crippen LogP contribution in [-0.2, 0) is 9.53 Å². The number of rotatable bonds is 5. The first-order valence-electron chi connectivity index (χ1n) is 5.66. The summed E-state index contributed by atoms with van der Waals surface area (Å²) in [5, 5.41) is 19.6. The number of methoxy groups -OCH3 is 1. The molecular formula is C13H19NO4.